The summed E-state index contributed by atoms with van der Waals surface area (Å²) in [4.78, 5) is 4.76. The molecule has 1 aliphatic rings. The van der Waals surface area contributed by atoms with Crippen molar-refractivity contribution in [3.8, 4) is 17.2 Å². The highest BCUT2D eigenvalue weighted by Gasteiger charge is 2.31. The Kier molecular flexibility index (Phi) is 4.69. The number of rotatable bonds is 4. The first-order chi connectivity index (χ1) is 15.0. The van der Waals surface area contributed by atoms with E-state index in [2.05, 4.69) is 4.74 Å². The maximum absolute atomic E-state index is 12.4. The van der Waals surface area contributed by atoms with Gasteiger partial charge in [-0.1, -0.05) is 36.4 Å². The molecule has 31 heavy (non-hydrogen) atoms. The lowest BCUT2D eigenvalue weighted by atomic mass is 10.2. The average molecular weight is 426 g/mol. The molecule has 0 bridgehead atoms. The van der Waals surface area contributed by atoms with Gasteiger partial charge in [-0.3, -0.25) is 0 Å². The molecule has 0 saturated heterocycles. The topological polar surface area (TPSA) is 45.5 Å². The summed E-state index contributed by atoms with van der Waals surface area (Å²) >= 11 is 0. The van der Waals surface area contributed by atoms with Crippen molar-refractivity contribution in [3.05, 3.63) is 84.2 Å². The van der Waals surface area contributed by atoms with Crippen LogP contribution in [0, 0.1) is 0 Å². The monoisotopic (exact) mass is 426 g/mol. The van der Waals surface area contributed by atoms with Crippen LogP contribution < -0.4 is 14.2 Å². The van der Waals surface area contributed by atoms with Gasteiger partial charge < -0.3 is 18.8 Å². The predicted octanol–water partition coefficient (Wildman–Crippen LogP) is 5.50. The first-order valence-electron chi connectivity index (χ1n) is 9.65. The van der Waals surface area contributed by atoms with Crippen LogP contribution in [0.5, 0.6) is 17.2 Å². The highest BCUT2D eigenvalue weighted by molar-refractivity contribution is 5.76. The van der Waals surface area contributed by atoms with Gasteiger partial charge in [0, 0.05) is 6.54 Å². The average Bonchev–Trinajstić information content (AvgIpc) is 3.12. The fraction of sp³-hybridized carbons (Fsp3) is 0.174. The number of nitrogens with zero attached hydrogens (tertiary/aromatic N) is 2. The molecule has 0 fully saturated rings. The van der Waals surface area contributed by atoms with Crippen molar-refractivity contribution in [1.29, 1.82) is 0 Å². The van der Waals surface area contributed by atoms with E-state index in [4.69, 9.17) is 14.5 Å². The third-order valence-corrected chi connectivity index (χ3v) is 4.98. The summed E-state index contributed by atoms with van der Waals surface area (Å²) in [5.74, 6) is 1.76. The van der Waals surface area contributed by atoms with E-state index < -0.39 is 12.5 Å². The van der Waals surface area contributed by atoms with Crippen LogP contribution in [0.25, 0.3) is 11.0 Å². The number of para-hydroxylation sites is 4. The molecule has 1 unspecified atom stereocenters. The lowest BCUT2D eigenvalue weighted by Gasteiger charge is -2.26. The summed E-state index contributed by atoms with van der Waals surface area (Å²) in [5, 5.41) is 0. The van der Waals surface area contributed by atoms with E-state index >= 15 is 0 Å². The largest absolute Gasteiger partial charge is 0.573 e. The Balaban J connectivity index is 1.47. The summed E-state index contributed by atoms with van der Waals surface area (Å²) in [5.41, 5.74) is 2.50. The molecule has 4 aromatic rings. The Bertz CT molecular complexity index is 1220. The van der Waals surface area contributed by atoms with Crippen molar-refractivity contribution >= 4 is 11.0 Å². The maximum atomic E-state index is 12.4. The number of hydrogen-bond acceptors (Lipinski definition) is 4. The van der Waals surface area contributed by atoms with Gasteiger partial charge in [0.15, 0.2) is 23.4 Å². The van der Waals surface area contributed by atoms with Crippen molar-refractivity contribution in [1.82, 2.24) is 9.55 Å². The van der Waals surface area contributed by atoms with Gasteiger partial charge >= 0.3 is 6.36 Å². The molecule has 0 N–H and O–H groups in total. The predicted molar refractivity (Wildman–Crippen MR) is 107 cm³/mol. The maximum Gasteiger partial charge on any atom is 0.573 e. The van der Waals surface area contributed by atoms with Gasteiger partial charge in [0.1, 0.15) is 12.4 Å². The van der Waals surface area contributed by atoms with Crippen molar-refractivity contribution in [2.45, 2.75) is 19.0 Å². The molecular formula is C23H17F3N2O3. The minimum Gasteiger partial charge on any atom is -0.485 e. The molecule has 0 aliphatic carbocycles. The number of aromatic nitrogens is 2. The van der Waals surface area contributed by atoms with Gasteiger partial charge in [-0.05, 0) is 42.0 Å². The molecule has 0 saturated carbocycles. The van der Waals surface area contributed by atoms with E-state index in [0.29, 0.717) is 30.5 Å². The zero-order valence-electron chi connectivity index (χ0n) is 16.2. The second-order valence-corrected chi connectivity index (χ2v) is 7.10. The van der Waals surface area contributed by atoms with Crippen LogP contribution in [0.1, 0.15) is 17.5 Å². The molecule has 1 aliphatic heterocycles. The van der Waals surface area contributed by atoms with Crippen LogP contribution >= 0.6 is 0 Å². The molecule has 5 nitrogen and oxygen atoms in total. The molecular weight excluding hydrogens is 409 g/mol. The lowest BCUT2D eigenvalue weighted by molar-refractivity contribution is -0.274. The zero-order valence-corrected chi connectivity index (χ0v) is 16.2. The Labute approximate surface area is 175 Å². The Hall–Kier alpha value is -3.68. The van der Waals surface area contributed by atoms with Crippen molar-refractivity contribution in [2.24, 2.45) is 0 Å². The van der Waals surface area contributed by atoms with Crippen LogP contribution in [0.3, 0.4) is 0 Å². The van der Waals surface area contributed by atoms with Crippen LogP contribution in [-0.2, 0) is 6.54 Å². The van der Waals surface area contributed by atoms with Gasteiger partial charge in [-0.25, -0.2) is 4.98 Å². The summed E-state index contributed by atoms with van der Waals surface area (Å²) in [6.07, 6.45) is -5.14. The Morgan fingerprint density at radius 2 is 1.65 bits per heavy atom. The van der Waals surface area contributed by atoms with Crippen molar-refractivity contribution in [2.75, 3.05) is 6.61 Å². The molecule has 3 aromatic carbocycles. The van der Waals surface area contributed by atoms with Crippen molar-refractivity contribution in [3.63, 3.8) is 0 Å². The second-order valence-electron chi connectivity index (χ2n) is 7.10. The number of fused-ring (bicyclic) bond motifs is 2. The molecule has 0 radical (unpaired) electrons. The van der Waals surface area contributed by atoms with Gasteiger partial charge in [-0.15, -0.1) is 13.2 Å². The first-order valence-corrected chi connectivity index (χ1v) is 9.65. The number of halogens is 3. The fourth-order valence-electron chi connectivity index (χ4n) is 3.63. The van der Waals surface area contributed by atoms with Crippen LogP contribution in [0.4, 0.5) is 13.2 Å². The van der Waals surface area contributed by atoms with Crippen LogP contribution in [0.15, 0.2) is 72.8 Å². The van der Waals surface area contributed by atoms with E-state index in [9.17, 15) is 13.2 Å². The summed E-state index contributed by atoms with van der Waals surface area (Å²) in [6.45, 7) is 0.711. The minimum atomic E-state index is -4.72. The third-order valence-electron chi connectivity index (χ3n) is 4.98. The fourth-order valence-corrected chi connectivity index (χ4v) is 3.63. The number of imidazole rings is 1. The van der Waals surface area contributed by atoms with E-state index in [-0.39, 0.29) is 5.75 Å². The standard InChI is InChI=1S/C23H17F3N2O3/c24-23(25,26)31-16-11-9-15(10-12-16)13-28-18-6-2-1-5-17(18)27-22(28)21-14-29-19-7-3-4-8-20(19)30-21/h1-12,21H,13-14H2. The van der Waals surface area contributed by atoms with Gasteiger partial charge in [0.05, 0.1) is 11.0 Å². The van der Waals surface area contributed by atoms with E-state index in [1.165, 1.54) is 12.1 Å². The SMILES string of the molecule is FC(F)(F)Oc1ccc(Cn2c(C3COc4ccccc4O3)nc3ccccc32)cc1. The first kappa shape index (κ1) is 19.3. The molecule has 5 rings (SSSR count). The van der Waals surface area contributed by atoms with Crippen molar-refractivity contribution < 1.29 is 27.4 Å². The summed E-state index contributed by atoms with van der Waals surface area (Å²) in [6, 6.07) is 20.9. The highest BCUT2D eigenvalue weighted by Crippen LogP contribution is 2.36. The van der Waals surface area contributed by atoms with Crippen LogP contribution in [-0.4, -0.2) is 22.5 Å². The Morgan fingerprint density at radius 1 is 0.935 bits per heavy atom. The smallest absolute Gasteiger partial charge is 0.485 e. The minimum absolute atomic E-state index is 0.257. The van der Waals surface area contributed by atoms with Gasteiger partial charge in [0.25, 0.3) is 0 Å². The molecule has 2 heterocycles. The summed E-state index contributed by atoms with van der Waals surface area (Å²) in [7, 11) is 0. The number of ether oxygens (including phenoxy) is 3. The van der Waals surface area contributed by atoms with Crippen LogP contribution in [0.2, 0.25) is 0 Å². The molecule has 158 valence electrons. The molecule has 0 spiro atoms. The second kappa shape index (κ2) is 7.54. The van der Waals surface area contributed by atoms with E-state index in [1.807, 2.05) is 53.1 Å². The zero-order chi connectivity index (χ0) is 21.4. The quantitative estimate of drug-likeness (QED) is 0.433. The molecule has 1 atom stereocenters. The van der Waals surface area contributed by atoms with Gasteiger partial charge in [-0.2, -0.15) is 0 Å². The lowest BCUT2D eigenvalue weighted by Crippen LogP contribution is -2.25. The molecule has 8 heteroatoms. The molecule has 1 aromatic heterocycles. The van der Waals surface area contributed by atoms with E-state index in [0.717, 1.165) is 16.6 Å². The highest BCUT2D eigenvalue weighted by atomic mass is 19.4. The molecule has 0 amide bonds. The number of benzene rings is 3. The van der Waals surface area contributed by atoms with E-state index in [1.54, 1.807) is 12.1 Å². The normalized spacial score (nSPS) is 15.8. The third kappa shape index (κ3) is 4.01. The van der Waals surface area contributed by atoms with Gasteiger partial charge in [0.2, 0.25) is 0 Å². The number of hydrogen-bond donors (Lipinski definition) is 0. The number of alkyl halides is 3. The summed E-state index contributed by atoms with van der Waals surface area (Å²) < 4.78 is 55.2. The Morgan fingerprint density at radius 3 is 2.42 bits per heavy atom.